The predicted molar refractivity (Wildman–Crippen MR) is 78.0 cm³/mol. The highest BCUT2D eigenvalue weighted by Crippen LogP contribution is 2.31. The molecule has 0 spiro atoms. The van der Waals surface area contributed by atoms with Crippen molar-refractivity contribution in [2.45, 2.75) is 13.1 Å². The lowest BCUT2D eigenvalue weighted by molar-refractivity contribution is -0.141. The lowest BCUT2D eigenvalue weighted by Crippen LogP contribution is -2.17. The molecule has 0 aliphatic carbocycles. The lowest BCUT2D eigenvalue weighted by atomic mass is 10.2. The number of rotatable bonds is 4. The number of alkyl halides is 3. The van der Waals surface area contributed by atoms with Crippen LogP contribution in [0.1, 0.15) is 23.0 Å². The fraction of sp³-hybridized carbons (Fsp3) is 0.143. The van der Waals surface area contributed by atoms with Crippen LogP contribution in [-0.2, 0) is 11.0 Å². The molecular formula is C14H11F3N4O3. The molecule has 0 aliphatic heterocycles. The highest BCUT2D eigenvalue weighted by molar-refractivity contribution is 5.89. The van der Waals surface area contributed by atoms with Crippen molar-refractivity contribution in [2.24, 2.45) is 0 Å². The average molecular weight is 340 g/mol. The minimum Gasteiger partial charge on any atom is -0.478 e. The van der Waals surface area contributed by atoms with Gasteiger partial charge in [0.2, 0.25) is 11.9 Å². The van der Waals surface area contributed by atoms with Crippen LogP contribution in [0.15, 0.2) is 30.5 Å². The summed E-state index contributed by atoms with van der Waals surface area (Å²) in [7, 11) is 0. The second kappa shape index (κ2) is 6.52. The van der Waals surface area contributed by atoms with E-state index in [2.05, 4.69) is 20.6 Å². The molecule has 24 heavy (non-hydrogen) atoms. The second-order valence-corrected chi connectivity index (χ2v) is 4.65. The van der Waals surface area contributed by atoms with Crippen LogP contribution in [-0.4, -0.2) is 27.0 Å². The normalized spacial score (nSPS) is 11.0. The number of hydrogen-bond donors (Lipinski definition) is 3. The van der Waals surface area contributed by atoms with Crippen LogP contribution < -0.4 is 10.6 Å². The summed E-state index contributed by atoms with van der Waals surface area (Å²) in [6.07, 6.45) is -4.36. The molecule has 0 atom stereocenters. The molecule has 1 amide bonds. The van der Waals surface area contributed by atoms with Gasteiger partial charge in [-0.1, -0.05) is 6.07 Å². The van der Waals surface area contributed by atoms with Gasteiger partial charge in [0.15, 0.2) is 5.69 Å². The minimum absolute atomic E-state index is 0.312. The monoisotopic (exact) mass is 340 g/mol. The topological polar surface area (TPSA) is 104 Å². The van der Waals surface area contributed by atoms with Crippen LogP contribution in [0.3, 0.4) is 0 Å². The van der Waals surface area contributed by atoms with Crippen molar-refractivity contribution in [3.63, 3.8) is 0 Å². The number of aromatic carboxylic acids is 1. The minimum atomic E-state index is -4.94. The maximum Gasteiger partial charge on any atom is 0.434 e. The number of nitrogens with one attached hydrogen (secondary N) is 2. The molecule has 2 aromatic rings. The molecule has 1 aromatic heterocycles. The largest absolute Gasteiger partial charge is 0.478 e. The van der Waals surface area contributed by atoms with Gasteiger partial charge in [0, 0.05) is 24.5 Å². The van der Waals surface area contributed by atoms with Gasteiger partial charge in [0.1, 0.15) is 5.56 Å². The Bertz CT molecular complexity index is 793. The summed E-state index contributed by atoms with van der Waals surface area (Å²) < 4.78 is 38.7. The number of aromatic nitrogens is 2. The second-order valence-electron chi connectivity index (χ2n) is 4.65. The van der Waals surface area contributed by atoms with Gasteiger partial charge in [-0.05, 0) is 18.2 Å². The molecule has 1 heterocycles. The van der Waals surface area contributed by atoms with Gasteiger partial charge in [-0.15, -0.1) is 0 Å². The summed E-state index contributed by atoms with van der Waals surface area (Å²) in [5.41, 5.74) is -1.85. The fourth-order valence-electron chi connectivity index (χ4n) is 1.82. The summed E-state index contributed by atoms with van der Waals surface area (Å²) in [6, 6.07) is 6.13. The summed E-state index contributed by atoms with van der Waals surface area (Å²) in [5.74, 6) is -2.51. The number of nitrogens with zero attached hydrogens (tertiary/aromatic N) is 2. The molecule has 0 saturated carbocycles. The first-order valence-corrected chi connectivity index (χ1v) is 6.49. The van der Waals surface area contributed by atoms with E-state index >= 15 is 0 Å². The molecule has 2 rings (SSSR count). The first-order chi connectivity index (χ1) is 11.2. The van der Waals surface area contributed by atoms with Crippen molar-refractivity contribution in [1.29, 1.82) is 0 Å². The molecule has 0 saturated heterocycles. The number of carbonyl (C=O) groups excluding carboxylic acids is 1. The summed E-state index contributed by atoms with van der Waals surface area (Å²) in [4.78, 5) is 28.7. The van der Waals surface area contributed by atoms with E-state index < -0.39 is 29.4 Å². The third kappa shape index (κ3) is 4.18. The molecule has 1 aromatic carbocycles. The Balaban J connectivity index is 2.34. The van der Waals surface area contributed by atoms with Gasteiger partial charge in [0.05, 0.1) is 0 Å². The Morgan fingerprint density at radius 2 is 1.88 bits per heavy atom. The predicted octanol–water partition coefficient (Wildman–Crippen LogP) is 2.90. The fourth-order valence-corrected chi connectivity index (χ4v) is 1.82. The van der Waals surface area contributed by atoms with Gasteiger partial charge in [-0.3, -0.25) is 4.79 Å². The highest BCUT2D eigenvalue weighted by atomic mass is 19.4. The molecule has 0 aliphatic rings. The van der Waals surface area contributed by atoms with E-state index in [1.165, 1.54) is 19.1 Å². The molecule has 126 valence electrons. The zero-order valence-electron chi connectivity index (χ0n) is 12.2. The van der Waals surface area contributed by atoms with E-state index in [-0.39, 0.29) is 5.91 Å². The van der Waals surface area contributed by atoms with Gasteiger partial charge in [0.25, 0.3) is 0 Å². The summed E-state index contributed by atoms with van der Waals surface area (Å²) in [5, 5.41) is 13.8. The Hall–Kier alpha value is -3.17. The average Bonchev–Trinajstić information content (AvgIpc) is 2.45. The van der Waals surface area contributed by atoms with Crippen LogP contribution in [0, 0.1) is 0 Å². The molecule has 0 fully saturated rings. The molecule has 0 bridgehead atoms. The third-order valence-electron chi connectivity index (χ3n) is 2.73. The van der Waals surface area contributed by atoms with Gasteiger partial charge in [-0.25, -0.2) is 14.8 Å². The maximum absolute atomic E-state index is 12.9. The Morgan fingerprint density at radius 3 is 2.46 bits per heavy atom. The van der Waals surface area contributed by atoms with Crippen molar-refractivity contribution < 1.29 is 27.9 Å². The van der Waals surface area contributed by atoms with Crippen molar-refractivity contribution in [3.05, 3.63) is 41.7 Å². The van der Waals surface area contributed by atoms with Crippen molar-refractivity contribution >= 4 is 29.2 Å². The zero-order valence-corrected chi connectivity index (χ0v) is 12.2. The van der Waals surface area contributed by atoms with Gasteiger partial charge >= 0.3 is 12.1 Å². The van der Waals surface area contributed by atoms with E-state index in [9.17, 15) is 22.8 Å². The highest BCUT2D eigenvalue weighted by Gasteiger charge is 2.38. The van der Waals surface area contributed by atoms with E-state index in [1.54, 1.807) is 12.1 Å². The van der Waals surface area contributed by atoms with Crippen LogP contribution in [0.2, 0.25) is 0 Å². The molecule has 7 nitrogen and oxygen atoms in total. The van der Waals surface area contributed by atoms with Crippen LogP contribution >= 0.6 is 0 Å². The Labute approximate surface area is 133 Å². The number of hydrogen-bond acceptors (Lipinski definition) is 5. The SMILES string of the molecule is CC(=O)Nc1cccc(Nc2ncc(C(=O)O)c(C(F)(F)F)n2)c1. The number of halogens is 3. The molecule has 3 N–H and O–H groups in total. The number of carboxylic acids is 1. The van der Waals surface area contributed by atoms with E-state index in [1.807, 2.05) is 0 Å². The summed E-state index contributed by atoms with van der Waals surface area (Å²) in [6.45, 7) is 1.31. The van der Waals surface area contributed by atoms with Gasteiger partial charge < -0.3 is 15.7 Å². The third-order valence-corrected chi connectivity index (χ3v) is 2.73. The standard InChI is InChI=1S/C14H11F3N4O3/c1-7(22)19-8-3-2-4-9(5-8)20-13-18-6-10(12(23)24)11(21-13)14(15,16)17/h2-6H,1H3,(H,19,22)(H,23,24)(H,18,20,21). The number of benzene rings is 1. The lowest BCUT2D eigenvalue weighted by Gasteiger charge is -2.12. The van der Waals surface area contributed by atoms with Crippen molar-refractivity contribution in [3.8, 4) is 0 Å². The number of carboxylic acid groups (broad SMARTS) is 1. The van der Waals surface area contributed by atoms with Gasteiger partial charge in [-0.2, -0.15) is 13.2 Å². The van der Waals surface area contributed by atoms with Crippen LogP contribution in [0.25, 0.3) is 0 Å². The molecule has 10 heteroatoms. The Kier molecular flexibility index (Phi) is 4.67. The quantitative estimate of drug-likeness (QED) is 0.790. The molecule has 0 unspecified atom stereocenters. The van der Waals surface area contributed by atoms with E-state index in [0.29, 0.717) is 17.6 Å². The van der Waals surface area contributed by atoms with E-state index in [4.69, 9.17) is 5.11 Å². The first kappa shape index (κ1) is 17.2. The van der Waals surface area contributed by atoms with Crippen LogP contribution in [0.5, 0.6) is 0 Å². The maximum atomic E-state index is 12.9. The van der Waals surface area contributed by atoms with Crippen molar-refractivity contribution in [1.82, 2.24) is 9.97 Å². The van der Waals surface area contributed by atoms with Crippen molar-refractivity contribution in [2.75, 3.05) is 10.6 Å². The number of anilines is 3. The summed E-state index contributed by atoms with van der Waals surface area (Å²) >= 11 is 0. The van der Waals surface area contributed by atoms with Crippen LogP contribution in [0.4, 0.5) is 30.5 Å². The first-order valence-electron chi connectivity index (χ1n) is 6.49. The Morgan fingerprint density at radius 1 is 1.21 bits per heavy atom. The molecule has 0 radical (unpaired) electrons. The number of amides is 1. The molecular weight excluding hydrogens is 329 g/mol. The number of carbonyl (C=O) groups is 2. The van der Waals surface area contributed by atoms with E-state index in [0.717, 1.165) is 0 Å². The smallest absolute Gasteiger partial charge is 0.434 e. The zero-order chi connectivity index (χ0) is 17.9.